The van der Waals surface area contributed by atoms with Crippen molar-refractivity contribution >= 4 is 0 Å². The molecule has 0 aliphatic heterocycles. The molecule has 0 radical (unpaired) electrons. The second-order valence-corrected chi connectivity index (χ2v) is 4.13. The van der Waals surface area contributed by atoms with Crippen molar-refractivity contribution in [2.75, 3.05) is 0 Å². The Labute approximate surface area is 74.5 Å². The minimum absolute atomic E-state index is 0.00523. The highest BCUT2D eigenvalue weighted by Crippen LogP contribution is 2.37. The highest BCUT2D eigenvalue weighted by Gasteiger charge is 2.31. The third-order valence-electron chi connectivity index (χ3n) is 3.29. The molecule has 2 atom stereocenters. The van der Waals surface area contributed by atoms with Crippen LogP contribution in [0.5, 0.6) is 0 Å². The summed E-state index contributed by atoms with van der Waals surface area (Å²) in [6.07, 6.45) is 11.2. The Kier molecular flexibility index (Phi) is 2.50. The zero-order chi connectivity index (χ0) is 8.39. The molecule has 0 saturated heterocycles. The molecule has 2 rings (SSSR count). The van der Waals surface area contributed by atoms with Crippen molar-refractivity contribution in [2.24, 2.45) is 5.92 Å². The smallest absolute Gasteiger partial charge is 0.0605 e. The van der Waals surface area contributed by atoms with Gasteiger partial charge in [-0.2, -0.15) is 0 Å². The summed E-state index contributed by atoms with van der Waals surface area (Å²) in [5.74, 6) is 0.545. The lowest BCUT2D eigenvalue weighted by atomic mass is 9.75. The van der Waals surface area contributed by atoms with Crippen molar-refractivity contribution < 1.29 is 5.11 Å². The Balaban J connectivity index is 1.96. The maximum atomic E-state index is 9.51. The van der Waals surface area contributed by atoms with Crippen LogP contribution in [-0.4, -0.2) is 11.2 Å². The second-order valence-electron chi connectivity index (χ2n) is 4.13. The molecule has 2 aliphatic carbocycles. The van der Waals surface area contributed by atoms with Gasteiger partial charge in [-0.1, -0.05) is 18.1 Å². The second kappa shape index (κ2) is 3.61. The summed E-state index contributed by atoms with van der Waals surface area (Å²) in [5.41, 5.74) is 1.56. The molecule has 1 nitrogen and oxygen atoms in total. The van der Waals surface area contributed by atoms with Gasteiger partial charge in [0.2, 0.25) is 0 Å². The van der Waals surface area contributed by atoms with E-state index in [-0.39, 0.29) is 6.10 Å². The zero-order valence-electron chi connectivity index (χ0n) is 7.63. The SMILES string of the molecule is OC1CCC1C1=CCCCCC1. The average molecular weight is 166 g/mol. The van der Waals surface area contributed by atoms with Crippen LogP contribution in [0.2, 0.25) is 0 Å². The van der Waals surface area contributed by atoms with Crippen LogP contribution in [-0.2, 0) is 0 Å². The predicted octanol–water partition coefficient (Wildman–Crippen LogP) is 2.65. The lowest BCUT2D eigenvalue weighted by Gasteiger charge is -2.34. The summed E-state index contributed by atoms with van der Waals surface area (Å²) in [4.78, 5) is 0. The van der Waals surface area contributed by atoms with Crippen LogP contribution < -0.4 is 0 Å². The molecule has 0 bridgehead atoms. The quantitative estimate of drug-likeness (QED) is 0.594. The van der Waals surface area contributed by atoms with Crippen LogP contribution in [0.3, 0.4) is 0 Å². The Morgan fingerprint density at radius 3 is 2.75 bits per heavy atom. The average Bonchev–Trinajstić information content (AvgIpc) is 2.30. The standard InChI is InChI=1S/C11H18O/c12-11-8-7-10(11)9-5-3-1-2-4-6-9/h5,10-12H,1-4,6-8H2. The molecule has 1 heteroatoms. The fourth-order valence-corrected chi connectivity index (χ4v) is 2.29. The monoisotopic (exact) mass is 166 g/mol. The minimum Gasteiger partial charge on any atom is -0.393 e. The van der Waals surface area contributed by atoms with Gasteiger partial charge < -0.3 is 5.11 Å². The summed E-state index contributed by atoms with van der Waals surface area (Å²) < 4.78 is 0. The van der Waals surface area contributed by atoms with Crippen LogP contribution in [0.25, 0.3) is 0 Å². The van der Waals surface area contributed by atoms with E-state index in [1.807, 2.05) is 0 Å². The van der Waals surface area contributed by atoms with Gasteiger partial charge in [-0.3, -0.25) is 0 Å². The number of aliphatic hydroxyl groups is 1. The van der Waals surface area contributed by atoms with E-state index in [1.54, 1.807) is 5.57 Å². The highest BCUT2D eigenvalue weighted by atomic mass is 16.3. The maximum Gasteiger partial charge on any atom is 0.0605 e. The van der Waals surface area contributed by atoms with Gasteiger partial charge in [-0.05, 0) is 38.5 Å². The van der Waals surface area contributed by atoms with Gasteiger partial charge >= 0.3 is 0 Å². The molecule has 1 saturated carbocycles. The molecule has 0 aromatic rings. The predicted molar refractivity (Wildman–Crippen MR) is 49.9 cm³/mol. The minimum atomic E-state index is -0.00523. The van der Waals surface area contributed by atoms with Gasteiger partial charge in [0.1, 0.15) is 0 Å². The number of hydrogen-bond acceptors (Lipinski definition) is 1. The van der Waals surface area contributed by atoms with Gasteiger partial charge in [0.05, 0.1) is 6.10 Å². The van der Waals surface area contributed by atoms with Crippen LogP contribution >= 0.6 is 0 Å². The van der Waals surface area contributed by atoms with E-state index in [2.05, 4.69) is 6.08 Å². The van der Waals surface area contributed by atoms with Gasteiger partial charge in [0.15, 0.2) is 0 Å². The maximum absolute atomic E-state index is 9.51. The normalized spacial score (nSPS) is 36.6. The molecule has 1 N–H and O–H groups in total. The highest BCUT2D eigenvalue weighted by molar-refractivity contribution is 5.13. The van der Waals surface area contributed by atoms with E-state index in [9.17, 15) is 5.11 Å². The largest absolute Gasteiger partial charge is 0.393 e. The van der Waals surface area contributed by atoms with Crippen LogP contribution in [0.1, 0.15) is 44.9 Å². The Bertz CT molecular complexity index is 183. The molecule has 2 unspecified atom stereocenters. The molecule has 1 fully saturated rings. The van der Waals surface area contributed by atoms with Gasteiger partial charge in [-0.15, -0.1) is 0 Å². The van der Waals surface area contributed by atoms with Crippen LogP contribution in [0.4, 0.5) is 0 Å². The van der Waals surface area contributed by atoms with Crippen molar-refractivity contribution in [3.8, 4) is 0 Å². The molecule has 0 spiro atoms. The molecule has 0 aromatic heterocycles. The fourth-order valence-electron chi connectivity index (χ4n) is 2.29. The van der Waals surface area contributed by atoms with Crippen molar-refractivity contribution in [3.63, 3.8) is 0 Å². The molecule has 2 aliphatic rings. The van der Waals surface area contributed by atoms with E-state index in [4.69, 9.17) is 0 Å². The fraction of sp³-hybridized carbons (Fsp3) is 0.818. The van der Waals surface area contributed by atoms with E-state index < -0.39 is 0 Å². The number of rotatable bonds is 1. The first-order valence-corrected chi connectivity index (χ1v) is 5.25. The van der Waals surface area contributed by atoms with Crippen molar-refractivity contribution in [3.05, 3.63) is 11.6 Å². The molecule has 12 heavy (non-hydrogen) atoms. The first kappa shape index (κ1) is 8.31. The topological polar surface area (TPSA) is 20.2 Å². The molecular formula is C11H18O. The first-order valence-electron chi connectivity index (χ1n) is 5.25. The van der Waals surface area contributed by atoms with E-state index >= 15 is 0 Å². The Morgan fingerprint density at radius 2 is 2.08 bits per heavy atom. The molecular weight excluding hydrogens is 148 g/mol. The lowest BCUT2D eigenvalue weighted by Crippen LogP contribution is -2.32. The Morgan fingerprint density at radius 1 is 1.17 bits per heavy atom. The summed E-state index contributed by atoms with van der Waals surface area (Å²) >= 11 is 0. The molecule has 68 valence electrons. The van der Waals surface area contributed by atoms with E-state index in [0.29, 0.717) is 5.92 Å². The van der Waals surface area contributed by atoms with Crippen LogP contribution in [0, 0.1) is 5.92 Å². The van der Waals surface area contributed by atoms with Gasteiger partial charge in [0.25, 0.3) is 0 Å². The van der Waals surface area contributed by atoms with Gasteiger partial charge in [0, 0.05) is 5.92 Å². The third kappa shape index (κ3) is 1.56. The van der Waals surface area contributed by atoms with Crippen molar-refractivity contribution in [1.29, 1.82) is 0 Å². The summed E-state index contributed by atoms with van der Waals surface area (Å²) in [6, 6.07) is 0. The van der Waals surface area contributed by atoms with E-state index in [1.165, 1.54) is 38.5 Å². The first-order chi connectivity index (χ1) is 5.88. The zero-order valence-corrected chi connectivity index (χ0v) is 7.63. The lowest BCUT2D eigenvalue weighted by molar-refractivity contribution is 0.0421. The number of hydrogen-bond donors (Lipinski definition) is 1. The summed E-state index contributed by atoms with van der Waals surface area (Å²) in [6.45, 7) is 0. The summed E-state index contributed by atoms with van der Waals surface area (Å²) in [7, 11) is 0. The third-order valence-corrected chi connectivity index (χ3v) is 3.29. The van der Waals surface area contributed by atoms with Crippen LogP contribution in [0.15, 0.2) is 11.6 Å². The number of aliphatic hydroxyl groups excluding tert-OH is 1. The Hall–Kier alpha value is -0.300. The molecule has 0 amide bonds. The van der Waals surface area contributed by atoms with Gasteiger partial charge in [-0.25, -0.2) is 0 Å². The van der Waals surface area contributed by atoms with Crippen molar-refractivity contribution in [2.45, 2.75) is 51.0 Å². The van der Waals surface area contributed by atoms with E-state index in [0.717, 1.165) is 6.42 Å². The summed E-state index contributed by atoms with van der Waals surface area (Å²) in [5, 5.41) is 9.51. The number of allylic oxidation sites excluding steroid dienone is 1. The van der Waals surface area contributed by atoms with Crippen molar-refractivity contribution in [1.82, 2.24) is 0 Å². The molecule has 0 heterocycles. The molecule has 0 aromatic carbocycles.